The van der Waals surface area contributed by atoms with Crippen LogP contribution in [-0.4, -0.2) is 73.4 Å². The topological polar surface area (TPSA) is 84.6 Å². The van der Waals surface area contributed by atoms with Gasteiger partial charge in [0, 0.05) is 73.4 Å². The van der Waals surface area contributed by atoms with Crippen LogP contribution in [0.25, 0.3) is 11.1 Å². The number of nitrogen functional groups attached to an aromatic ring is 1. The van der Waals surface area contributed by atoms with Gasteiger partial charge in [-0.25, -0.2) is 0 Å². The standard InChI is InChI=1S/C24H40N2O6Si2/c1-27-33(28-2,29-3)19-11-17-26(18-12-20-34(30-4,31-5)32-6)24-22(15-10-16-23(24)25)21-13-8-7-9-14-21/h7-10,13-16H,11-12,17-20,25H2,1-6H3. The van der Waals surface area contributed by atoms with E-state index in [1.165, 1.54) is 0 Å². The number of hydrogen-bond acceptors (Lipinski definition) is 8. The van der Waals surface area contributed by atoms with Crippen molar-refractivity contribution < 1.29 is 26.6 Å². The molecule has 0 atom stereocenters. The van der Waals surface area contributed by atoms with Crippen molar-refractivity contribution in [2.75, 3.05) is 66.4 Å². The predicted molar refractivity (Wildman–Crippen MR) is 141 cm³/mol. The maximum Gasteiger partial charge on any atom is 0.500 e. The molecule has 190 valence electrons. The van der Waals surface area contributed by atoms with Crippen molar-refractivity contribution in [2.24, 2.45) is 0 Å². The summed E-state index contributed by atoms with van der Waals surface area (Å²) >= 11 is 0. The Hall–Kier alpha value is -1.77. The van der Waals surface area contributed by atoms with E-state index in [0.29, 0.717) is 12.1 Å². The summed E-state index contributed by atoms with van der Waals surface area (Å²) in [6.45, 7) is 1.53. The predicted octanol–water partition coefficient (Wildman–Crippen LogP) is 4.28. The number of nitrogens with zero attached hydrogens (tertiary/aromatic N) is 1. The van der Waals surface area contributed by atoms with Crippen LogP contribution in [0.5, 0.6) is 0 Å². The first-order valence-electron chi connectivity index (χ1n) is 11.4. The number of nitrogens with two attached hydrogens (primary N) is 1. The fourth-order valence-electron chi connectivity index (χ4n) is 4.19. The van der Waals surface area contributed by atoms with Gasteiger partial charge in [0.25, 0.3) is 0 Å². The van der Waals surface area contributed by atoms with E-state index in [1.807, 2.05) is 30.3 Å². The second kappa shape index (κ2) is 14.0. The third-order valence-corrected chi connectivity index (χ3v) is 11.8. The van der Waals surface area contributed by atoms with Gasteiger partial charge < -0.3 is 37.2 Å². The van der Waals surface area contributed by atoms with Crippen molar-refractivity contribution in [2.45, 2.75) is 24.9 Å². The average molecular weight is 509 g/mol. The van der Waals surface area contributed by atoms with Crippen LogP contribution >= 0.6 is 0 Å². The highest BCUT2D eigenvalue weighted by atomic mass is 28.4. The van der Waals surface area contributed by atoms with Gasteiger partial charge in [-0.05, 0) is 24.5 Å². The van der Waals surface area contributed by atoms with E-state index in [2.05, 4.69) is 23.1 Å². The van der Waals surface area contributed by atoms with Gasteiger partial charge in [0.2, 0.25) is 0 Å². The number of rotatable bonds is 16. The van der Waals surface area contributed by atoms with Crippen LogP contribution in [0.2, 0.25) is 12.1 Å². The summed E-state index contributed by atoms with van der Waals surface area (Å²) in [7, 11) is 4.53. The molecule has 2 rings (SSSR count). The van der Waals surface area contributed by atoms with E-state index in [0.717, 1.165) is 48.4 Å². The van der Waals surface area contributed by atoms with E-state index in [1.54, 1.807) is 42.7 Å². The Morgan fingerprint density at radius 2 is 1.12 bits per heavy atom. The molecular weight excluding hydrogens is 468 g/mol. The van der Waals surface area contributed by atoms with E-state index in [-0.39, 0.29) is 0 Å². The Labute approximate surface area is 206 Å². The van der Waals surface area contributed by atoms with E-state index in [9.17, 15) is 0 Å². The van der Waals surface area contributed by atoms with Crippen LogP contribution in [0.4, 0.5) is 11.4 Å². The van der Waals surface area contributed by atoms with E-state index >= 15 is 0 Å². The average Bonchev–Trinajstić information content (AvgIpc) is 2.89. The summed E-state index contributed by atoms with van der Waals surface area (Å²) in [6.07, 6.45) is 1.65. The molecule has 0 fully saturated rings. The first-order chi connectivity index (χ1) is 16.4. The monoisotopic (exact) mass is 508 g/mol. The van der Waals surface area contributed by atoms with Gasteiger partial charge >= 0.3 is 17.6 Å². The molecule has 0 amide bonds. The lowest BCUT2D eigenvalue weighted by Crippen LogP contribution is -2.44. The highest BCUT2D eigenvalue weighted by Crippen LogP contribution is 2.36. The molecule has 0 spiro atoms. The smallest absolute Gasteiger partial charge is 0.397 e. The first-order valence-corrected chi connectivity index (χ1v) is 15.3. The molecule has 10 heteroatoms. The molecule has 34 heavy (non-hydrogen) atoms. The quantitative estimate of drug-likeness (QED) is 0.266. The molecular formula is C24H40N2O6Si2. The SMILES string of the molecule is CO[Si](CCCN(CCC[Si](OC)(OC)OC)c1c(N)cccc1-c1ccccc1)(OC)OC. The van der Waals surface area contributed by atoms with Gasteiger partial charge in [0.1, 0.15) is 0 Å². The number of para-hydroxylation sites is 1. The molecule has 0 unspecified atom stereocenters. The molecule has 0 aromatic heterocycles. The lowest BCUT2D eigenvalue weighted by Gasteiger charge is -2.31. The summed E-state index contributed by atoms with van der Waals surface area (Å²) < 4.78 is 33.7. The second-order valence-electron chi connectivity index (χ2n) is 7.89. The molecule has 0 heterocycles. The van der Waals surface area contributed by atoms with Crippen molar-refractivity contribution in [3.8, 4) is 11.1 Å². The highest BCUT2D eigenvalue weighted by molar-refractivity contribution is 6.60. The third kappa shape index (κ3) is 7.12. The number of hydrogen-bond donors (Lipinski definition) is 1. The first kappa shape index (κ1) is 28.5. The van der Waals surface area contributed by atoms with Gasteiger partial charge in [-0.3, -0.25) is 0 Å². The molecule has 2 aromatic carbocycles. The van der Waals surface area contributed by atoms with Crippen LogP contribution in [0.3, 0.4) is 0 Å². The van der Waals surface area contributed by atoms with Crippen LogP contribution in [0.15, 0.2) is 48.5 Å². The molecule has 0 bridgehead atoms. The highest BCUT2D eigenvalue weighted by Gasteiger charge is 2.38. The molecule has 0 aliphatic heterocycles. The Balaban J connectivity index is 2.32. The second-order valence-corrected chi connectivity index (χ2v) is 14.1. The molecule has 0 aliphatic rings. The van der Waals surface area contributed by atoms with Crippen LogP contribution < -0.4 is 10.6 Å². The van der Waals surface area contributed by atoms with E-state index in [4.69, 9.17) is 32.3 Å². The van der Waals surface area contributed by atoms with Crippen LogP contribution in [0, 0.1) is 0 Å². The lowest BCUT2D eigenvalue weighted by atomic mass is 10.0. The minimum Gasteiger partial charge on any atom is -0.397 e. The van der Waals surface area contributed by atoms with Gasteiger partial charge in [0.05, 0.1) is 11.4 Å². The molecule has 8 nitrogen and oxygen atoms in total. The molecule has 0 saturated carbocycles. The molecule has 0 saturated heterocycles. The lowest BCUT2D eigenvalue weighted by molar-refractivity contribution is 0.123. The Morgan fingerprint density at radius 1 is 0.647 bits per heavy atom. The van der Waals surface area contributed by atoms with Crippen LogP contribution in [0.1, 0.15) is 12.8 Å². The maximum absolute atomic E-state index is 6.56. The normalized spacial score (nSPS) is 12.2. The van der Waals surface area contributed by atoms with Crippen molar-refractivity contribution in [1.29, 1.82) is 0 Å². The zero-order valence-electron chi connectivity index (χ0n) is 21.3. The summed E-state index contributed by atoms with van der Waals surface area (Å²) in [5, 5.41) is 0. The fraction of sp³-hybridized carbons (Fsp3) is 0.500. The van der Waals surface area contributed by atoms with Gasteiger partial charge in [-0.1, -0.05) is 42.5 Å². The van der Waals surface area contributed by atoms with Crippen molar-refractivity contribution in [3.05, 3.63) is 48.5 Å². The molecule has 2 N–H and O–H groups in total. The minimum absolute atomic E-state index is 0.702. The summed E-state index contributed by atoms with van der Waals surface area (Å²) in [5.41, 5.74) is 10.5. The van der Waals surface area contributed by atoms with Gasteiger partial charge in [0.15, 0.2) is 0 Å². The number of anilines is 2. The van der Waals surface area contributed by atoms with Crippen molar-refractivity contribution >= 4 is 29.0 Å². The summed E-state index contributed by atoms with van der Waals surface area (Å²) in [4.78, 5) is 2.33. The Morgan fingerprint density at radius 3 is 1.56 bits per heavy atom. The van der Waals surface area contributed by atoms with Gasteiger partial charge in [-0.15, -0.1) is 0 Å². The fourth-order valence-corrected chi connectivity index (χ4v) is 7.59. The van der Waals surface area contributed by atoms with E-state index < -0.39 is 17.6 Å². The minimum atomic E-state index is -2.67. The van der Waals surface area contributed by atoms with Crippen molar-refractivity contribution in [1.82, 2.24) is 0 Å². The molecule has 0 aliphatic carbocycles. The largest absolute Gasteiger partial charge is 0.500 e. The number of benzene rings is 2. The Bertz CT molecular complexity index is 808. The summed E-state index contributed by atoms with van der Waals surface area (Å²) in [6, 6.07) is 17.8. The Kier molecular flexibility index (Phi) is 11.7. The maximum atomic E-state index is 6.56. The third-order valence-electron chi connectivity index (χ3n) is 6.16. The zero-order chi connectivity index (χ0) is 25.0. The van der Waals surface area contributed by atoms with Gasteiger partial charge in [-0.2, -0.15) is 0 Å². The molecule has 0 radical (unpaired) electrons. The van der Waals surface area contributed by atoms with Crippen molar-refractivity contribution in [3.63, 3.8) is 0 Å². The zero-order valence-corrected chi connectivity index (χ0v) is 23.3. The summed E-state index contributed by atoms with van der Waals surface area (Å²) in [5.74, 6) is 0. The van der Waals surface area contributed by atoms with Crippen LogP contribution in [-0.2, 0) is 26.6 Å². The molecule has 2 aromatic rings.